The van der Waals surface area contributed by atoms with Crippen LogP contribution in [0.4, 0.5) is 0 Å². The highest BCUT2D eigenvalue weighted by molar-refractivity contribution is 5.78. The highest BCUT2D eigenvalue weighted by Crippen LogP contribution is 2.11. The highest BCUT2D eigenvalue weighted by Gasteiger charge is 2.17. The van der Waals surface area contributed by atoms with Crippen molar-refractivity contribution in [3.63, 3.8) is 0 Å². The van der Waals surface area contributed by atoms with Crippen LogP contribution < -0.4 is 10.9 Å². The number of rotatable bonds is 4. The average Bonchev–Trinajstić information content (AvgIpc) is 2.75. The van der Waals surface area contributed by atoms with Crippen molar-refractivity contribution in [1.29, 1.82) is 0 Å². The Bertz CT molecular complexity index is 701. The van der Waals surface area contributed by atoms with Gasteiger partial charge < -0.3 is 9.84 Å². The number of hydrogen-bond donors (Lipinski definition) is 1. The second-order valence-corrected chi connectivity index (χ2v) is 4.88. The molecular weight excluding hydrogens is 260 g/mol. The summed E-state index contributed by atoms with van der Waals surface area (Å²) in [5.74, 6) is 0.220. The lowest BCUT2D eigenvalue weighted by molar-refractivity contribution is -0.122. The van der Waals surface area contributed by atoms with Crippen molar-refractivity contribution in [2.45, 2.75) is 46.7 Å². The van der Waals surface area contributed by atoms with E-state index in [1.807, 2.05) is 13.8 Å². The molecule has 0 aliphatic rings. The maximum atomic E-state index is 12.4. The first kappa shape index (κ1) is 14.2. The van der Waals surface area contributed by atoms with E-state index in [1.54, 1.807) is 13.8 Å². The molecule has 108 valence electrons. The van der Waals surface area contributed by atoms with Crippen LogP contribution in [0.2, 0.25) is 0 Å². The molecule has 7 heteroatoms. The van der Waals surface area contributed by atoms with Crippen molar-refractivity contribution in [3.8, 4) is 0 Å². The van der Waals surface area contributed by atoms with Gasteiger partial charge in [0.1, 0.15) is 17.8 Å². The molecule has 0 saturated heterocycles. The van der Waals surface area contributed by atoms with Crippen LogP contribution in [0.1, 0.15) is 31.8 Å². The lowest BCUT2D eigenvalue weighted by atomic mass is 10.2. The predicted molar refractivity (Wildman–Crippen MR) is 73.4 cm³/mol. The Balaban J connectivity index is 2.37. The maximum Gasteiger partial charge on any atom is 0.267 e. The van der Waals surface area contributed by atoms with Crippen LogP contribution in [0.15, 0.2) is 9.32 Å². The Morgan fingerprint density at radius 1 is 1.45 bits per heavy atom. The largest absolute Gasteiger partial charge is 0.352 e. The van der Waals surface area contributed by atoms with Gasteiger partial charge >= 0.3 is 0 Å². The van der Waals surface area contributed by atoms with Crippen LogP contribution in [0.3, 0.4) is 0 Å². The number of hydrogen-bond acceptors (Lipinski definition) is 5. The zero-order valence-corrected chi connectivity index (χ0v) is 12.1. The van der Waals surface area contributed by atoms with Gasteiger partial charge in [0.25, 0.3) is 11.3 Å². The zero-order valence-electron chi connectivity index (χ0n) is 12.1. The van der Waals surface area contributed by atoms with Gasteiger partial charge in [-0.2, -0.15) is 4.98 Å². The molecule has 2 heterocycles. The summed E-state index contributed by atoms with van der Waals surface area (Å²) in [6.45, 7) is 7.18. The minimum Gasteiger partial charge on any atom is -0.352 e. The van der Waals surface area contributed by atoms with Crippen LogP contribution in [-0.4, -0.2) is 26.7 Å². The molecule has 20 heavy (non-hydrogen) atoms. The van der Waals surface area contributed by atoms with Gasteiger partial charge in [-0.05, 0) is 27.2 Å². The normalized spacial score (nSPS) is 12.6. The van der Waals surface area contributed by atoms with Gasteiger partial charge in [-0.25, -0.2) is 0 Å². The Labute approximate surface area is 116 Å². The van der Waals surface area contributed by atoms with Crippen molar-refractivity contribution in [1.82, 2.24) is 20.0 Å². The Morgan fingerprint density at radius 2 is 2.15 bits per heavy atom. The molecule has 2 aromatic rings. The quantitative estimate of drug-likeness (QED) is 0.898. The Kier molecular flexibility index (Phi) is 3.87. The zero-order chi connectivity index (χ0) is 14.9. The van der Waals surface area contributed by atoms with Crippen molar-refractivity contribution in [2.75, 3.05) is 0 Å². The molecule has 2 aromatic heterocycles. The molecule has 2 rings (SSSR count). The third-order valence-electron chi connectivity index (χ3n) is 3.28. The number of aromatic nitrogens is 3. The first-order chi connectivity index (χ1) is 9.43. The van der Waals surface area contributed by atoms with E-state index in [9.17, 15) is 9.59 Å². The topological polar surface area (TPSA) is 90.0 Å². The molecular formula is C13H18N4O3. The fourth-order valence-corrected chi connectivity index (χ4v) is 1.92. The molecule has 0 radical (unpaired) electrons. The van der Waals surface area contributed by atoms with E-state index < -0.39 is 0 Å². The van der Waals surface area contributed by atoms with Gasteiger partial charge in [-0.15, -0.1) is 0 Å². The fourth-order valence-electron chi connectivity index (χ4n) is 1.92. The molecule has 0 bridgehead atoms. The fraction of sp³-hybridized carbons (Fsp3) is 0.538. The van der Waals surface area contributed by atoms with E-state index in [2.05, 4.69) is 15.5 Å². The minimum atomic E-state index is -0.300. The molecule has 0 fully saturated rings. The van der Waals surface area contributed by atoms with E-state index in [1.165, 1.54) is 4.57 Å². The molecule has 0 saturated carbocycles. The monoisotopic (exact) mass is 278 g/mol. The Hall–Kier alpha value is -2.18. The van der Waals surface area contributed by atoms with Crippen LogP contribution >= 0.6 is 0 Å². The molecule has 1 N–H and O–H groups in total. The lowest BCUT2D eigenvalue weighted by Crippen LogP contribution is -2.38. The van der Waals surface area contributed by atoms with Crippen molar-refractivity contribution < 1.29 is 9.32 Å². The third-order valence-corrected chi connectivity index (χ3v) is 3.28. The summed E-state index contributed by atoms with van der Waals surface area (Å²) >= 11 is 0. The molecule has 1 amide bonds. The summed E-state index contributed by atoms with van der Waals surface area (Å²) < 4.78 is 6.31. The number of fused-ring (bicyclic) bond motifs is 1. The van der Waals surface area contributed by atoms with Crippen molar-refractivity contribution >= 4 is 17.0 Å². The van der Waals surface area contributed by atoms with Gasteiger partial charge in [-0.3, -0.25) is 14.2 Å². The number of amides is 1. The molecule has 0 spiro atoms. The third kappa shape index (κ3) is 2.56. The van der Waals surface area contributed by atoms with Crippen LogP contribution in [0, 0.1) is 13.8 Å². The number of nitrogens with zero attached hydrogens (tertiary/aromatic N) is 3. The first-order valence-electron chi connectivity index (χ1n) is 6.56. The summed E-state index contributed by atoms with van der Waals surface area (Å²) in [4.78, 5) is 28.4. The summed E-state index contributed by atoms with van der Waals surface area (Å²) in [6, 6.07) is 0.0764. The average molecular weight is 278 g/mol. The van der Waals surface area contributed by atoms with Crippen molar-refractivity contribution in [3.05, 3.63) is 21.9 Å². The van der Waals surface area contributed by atoms with Gasteiger partial charge in [0, 0.05) is 6.04 Å². The minimum absolute atomic E-state index is 0.0530. The van der Waals surface area contributed by atoms with Gasteiger partial charge in [0.15, 0.2) is 0 Å². The summed E-state index contributed by atoms with van der Waals surface area (Å²) in [7, 11) is 0. The van der Waals surface area contributed by atoms with E-state index in [4.69, 9.17) is 4.52 Å². The Morgan fingerprint density at radius 3 is 2.80 bits per heavy atom. The molecule has 0 unspecified atom stereocenters. The number of aryl methyl sites for hydroxylation is 2. The van der Waals surface area contributed by atoms with Gasteiger partial charge in [0.2, 0.25) is 5.91 Å². The number of nitrogens with one attached hydrogen (secondary N) is 1. The predicted octanol–water partition coefficient (Wildman–Crippen LogP) is 0.916. The summed E-state index contributed by atoms with van der Waals surface area (Å²) in [5, 5.41) is 6.88. The second kappa shape index (κ2) is 5.44. The number of carbonyl (C=O) groups excluding carboxylic acids is 1. The van der Waals surface area contributed by atoms with Crippen molar-refractivity contribution in [2.24, 2.45) is 0 Å². The second-order valence-electron chi connectivity index (χ2n) is 4.88. The molecule has 7 nitrogen and oxygen atoms in total. The first-order valence-corrected chi connectivity index (χ1v) is 6.56. The van der Waals surface area contributed by atoms with E-state index in [-0.39, 0.29) is 29.8 Å². The van der Waals surface area contributed by atoms with Gasteiger partial charge in [0.05, 0.1) is 5.69 Å². The molecule has 0 aromatic carbocycles. The summed E-state index contributed by atoms with van der Waals surface area (Å²) in [5.41, 5.74) is 0.391. The lowest BCUT2D eigenvalue weighted by Gasteiger charge is -2.13. The van der Waals surface area contributed by atoms with Crippen LogP contribution in [-0.2, 0) is 11.3 Å². The van der Waals surface area contributed by atoms with Gasteiger partial charge in [-0.1, -0.05) is 12.1 Å². The molecule has 1 atom stereocenters. The highest BCUT2D eigenvalue weighted by atomic mass is 16.5. The maximum absolute atomic E-state index is 12.4. The summed E-state index contributed by atoms with van der Waals surface area (Å²) in [6.07, 6.45) is 0.835. The van der Waals surface area contributed by atoms with E-state index >= 15 is 0 Å². The van der Waals surface area contributed by atoms with Crippen LogP contribution in [0.25, 0.3) is 11.1 Å². The molecule has 0 aliphatic carbocycles. The van der Waals surface area contributed by atoms with Crippen LogP contribution in [0.5, 0.6) is 0 Å². The number of carbonyl (C=O) groups is 1. The SMILES string of the molecule is CC[C@H](C)NC(=O)Cn1c(C)nc2onc(C)c2c1=O. The molecule has 0 aliphatic heterocycles. The standard InChI is InChI=1S/C13H18N4O3/c1-5-7(2)14-10(18)6-17-9(4)15-12-11(13(17)19)8(3)16-20-12/h7H,5-6H2,1-4H3,(H,14,18)/t7-/m0/s1. The smallest absolute Gasteiger partial charge is 0.267 e. The van der Waals surface area contributed by atoms with E-state index in [0.717, 1.165) is 6.42 Å². The van der Waals surface area contributed by atoms with E-state index in [0.29, 0.717) is 16.9 Å².